The van der Waals surface area contributed by atoms with E-state index in [0.29, 0.717) is 11.8 Å². The number of carbonyl (C=O) groups is 2. The zero-order valence-corrected chi connectivity index (χ0v) is 12.0. The van der Waals surface area contributed by atoms with Crippen LogP contribution in [0.25, 0.3) is 0 Å². The Hall–Kier alpha value is -1.90. The van der Waals surface area contributed by atoms with E-state index < -0.39 is 0 Å². The maximum atomic E-state index is 12.9. The molecule has 3 heteroatoms. The summed E-state index contributed by atoms with van der Waals surface area (Å²) in [6.07, 6.45) is 6.80. The van der Waals surface area contributed by atoms with Crippen molar-refractivity contribution < 1.29 is 9.59 Å². The topological polar surface area (TPSA) is 37.4 Å². The van der Waals surface area contributed by atoms with Gasteiger partial charge in [0.15, 0.2) is 0 Å². The van der Waals surface area contributed by atoms with Crippen LogP contribution in [0.1, 0.15) is 18.4 Å². The number of para-hydroxylation sites is 1. The lowest BCUT2D eigenvalue weighted by atomic mass is 9.85. The van der Waals surface area contributed by atoms with E-state index in [2.05, 4.69) is 12.2 Å². The van der Waals surface area contributed by atoms with E-state index in [4.69, 9.17) is 0 Å². The van der Waals surface area contributed by atoms with Crippen molar-refractivity contribution in [1.29, 1.82) is 0 Å². The second-order valence-electron chi connectivity index (χ2n) is 7.02. The maximum absolute atomic E-state index is 12.9. The average molecular weight is 279 g/mol. The highest BCUT2D eigenvalue weighted by Crippen LogP contribution is 2.73. The van der Waals surface area contributed by atoms with Crippen LogP contribution in [-0.4, -0.2) is 11.8 Å². The van der Waals surface area contributed by atoms with Gasteiger partial charge in [0.1, 0.15) is 0 Å². The Morgan fingerprint density at radius 3 is 2.10 bits per heavy atom. The van der Waals surface area contributed by atoms with Crippen LogP contribution in [0.4, 0.5) is 5.69 Å². The zero-order valence-electron chi connectivity index (χ0n) is 12.0. The number of hydrogen-bond acceptors (Lipinski definition) is 2. The number of benzene rings is 1. The molecule has 3 nitrogen and oxygen atoms in total. The fourth-order valence-corrected chi connectivity index (χ4v) is 5.13. The molecule has 1 heterocycles. The molecule has 3 aliphatic carbocycles. The van der Waals surface area contributed by atoms with Crippen molar-refractivity contribution in [3.8, 4) is 0 Å². The summed E-state index contributed by atoms with van der Waals surface area (Å²) in [6.45, 7) is 1.96. The lowest BCUT2D eigenvalue weighted by Crippen LogP contribution is -2.35. The number of carbonyl (C=O) groups excluding carboxylic acids is 2. The van der Waals surface area contributed by atoms with Crippen molar-refractivity contribution in [3.05, 3.63) is 42.0 Å². The van der Waals surface area contributed by atoms with Gasteiger partial charge < -0.3 is 0 Å². The third-order valence-electron chi connectivity index (χ3n) is 6.21. The molecule has 1 aromatic carbocycles. The van der Waals surface area contributed by atoms with E-state index in [0.717, 1.165) is 11.3 Å². The van der Waals surface area contributed by atoms with E-state index >= 15 is 0 Å². The smallest absolute Gasteiger partial charge is 0.238 e. The summed E-state index contributed by atoms with van der Waals surface area (Å²) in [7, 11) is 0. The molecule has 0 unspecified atom stereocenters. The molecule has 1 aromatic rings. The Kier molecular flexibility index (Phi) is 1.93. The molecule has 3 fully saturated rings. The van der Waals surface area contributed by atoms with E-state index in [1.165, 1.54) is 17.7 Å². The van der Waals surface area contributed by atoms with Gasteiger partial charge in [-0.25, -0.2) is 4.90 Å². The van der Waals surface area contributed by atoms with Gasteiger partial charge in [0.2, 0.25) is 11.8 Å². The molecule has 4 aliphatic rings. The number of fused-ring (bicyclic) bond motifs is 3. The monoisotopic (exact) mass is 279 g/mol. The van der Waals surface area contributed by atoms with Gasteiger partial charge in [-0.3, -0.25) is 9.59 Å². The van der Waals surface area contributed by atoms with Crippen LogP contribution in [0.15, 0.2) is 36.4 Å². The highest BCUT2D eigenvalue weighted by Gasteiger charge is 2.73. The van der Waals surface area contributed by atoms with Gasteiger partial charge in [0.05, 0.1) is 17.5 Å². The van der Waals surface area contributed by atoms with Gasteiger partial charge >= 0.3 is 0 Å². The summed E-state index contributed by atoms with van der Waals surface area (Å²) < 4.78 is 0. The Labute approximate surface area is 123 Å². The van der Waals surface area contributed by atoms with Crippen molar-refractivity contribution in [1.82, 2.24) is 0 Å². The van der Waals surface area contributed by atoms with Crippen molar-refractivity contribution in [3.63, 3.8) is 0 Å². The molecule has 1 spiro atoms. The minimum Gasteiger partial charge on any atom is -0.274 e. The van der Waals surface area contributed by atoms with E-state index in [1.54, 1.807) is 0 Å². The molecule has 1 saturated heterocycles. The summed E-state index contributed by atoms with van der Waals surface area (Å²) in [5.41, 5.74) is 2.03. The summed E-state index contributed by atoms with van der Waals surface area (Å²) in [4.78, 5) is 27.3. The minimum atomic E-state index is -0.102. The highest BCUT2D eigenvalue weighted by atomic mass is 16.2. The molecule has 2 amide bonds. The Morgan fingerprint density at radius 1 is 1.00 bits per heavy atom. The highest BCUT2D eigenvalue weighted by molar-refractivity contribution is 6.23. The van der Waals surface area contributed by atoms with E-state index in [9.17, 15) is 9.59 Å². The number of allylic oxidation sites excluding steroid dienone is 2. The Bertz CT molecular complexity index is 682. The molecule has 0 aromatic heterocycles. The number of anilines is 1. The van der Waals surface area contributed by atoms with E-state index in [-0.39, 0.29) is 29.1 Å². The minimum absolute atomic E-state index is 0.0300. The number of amides is 2. The number of hydrogen-bond donors (Lipinski definition) is 0. The molecule has 1 aliphatic heterocycles. The summed E-state index contributed by atoms with van der Waals surface area (Å²) in [5.74, 6) is 0.463. The first-order chi connectivity index (χ1) is 10.1. The number of imide groups is 1. The predicted octanol–water partition coefficient (Wildman–Crippen LogP) is 2.70. The van der Waals surface area contributed by atoms with Gasteiger partial charge in [0, 0.05) is 0 Å². The van der Waals surface area contributed by atoms with Crippen molar-refractivity contribution >= 4 is 17.5 Å². The van der Waals surface area contributed by atoms with Crippen LogP contribution < -0.4 is 4.90 Å². The predicted molar refractivity (Wildman–Crippen MR) is 78.4 cm³/mol. The molecule has 2 bridgehead atoms. The van der Waals surface area contributed by atoms with Crippen LogP contribution >= 0.6 is 0 Å². The number of aryl methyl sites for hydroxylation is 1. The average Bonchev–Trinajstić information content (AvgIpc) is 3.07. The Balaban J connectivity index is 1.61. The maximum Gasteiger partial charge on any atom is 0.238 e. The summed E-state index contributed by atoms with van der Waals surface area (Å²) in [6, 6.07) is 7.68. The molecular formula is C18H17NO2. The molecule has 5 rings (SSSR count). The quantitative estimate of drug-likeness (QED) is 0.585. The zero-order chi connectivity index (χ0) is 14.4. The molecular weight excluding hydrogens is 262 g/mol. The van der Waals surface area contributed by atoms with Gasteiger partial charge in [-0.15, -0.1) is 0 Å². The van der Waals surface area contributed by atoms with Crippen molar-refractivity contribution in [2.75, 3.05) is 4.90 Å². The van der Waals surface area contributed by atoms with Crippen molar-refractivity contribution in [2.24, 2.45) is 29.1 Å². The number of rotatable bonds is 1. The largest absolute Gasteiger partial charge is 0.274 e. The fraction of sp³-hybridized carbons (Fsp3) is 0.444. The Morgan fingerprint density at radius 2 is 1.57 bits per heavy atom. The molecule has 0 radical (unpaired) electrons. The number of nitrogens with zero attached hydrogens (tertiary/aromatic N) is 1. The SMILES string of the molecule is Cc1ccccc1N1C(=O)[C@@H]2[C@H](C1=O)[C@H]1C=C[C@H]2C12CC2. The fourth-order valence-electron chi connectivity index (χ4n) is 5.13. The molecule has 0 N–H and O–H groups in total. The first-order valence-corrected chi connectivity index (χ1v) is 7.77. The van der Waals surface area contributed by atoms with Gasteiger partial charge in [0.25, 0.3) is 0 Å². The van der Waals surface area contributed by atoms with Gasteiger partial charge in [-0.2, -0.15) is 0 Å². The molecule has 21 heavy (non-hydrogen) atoms. The second-order valence-corrected chi connectivity index (χ2v) is 7.02. The van der Waals surface area contributed by atoms with Gasteiger partial charge in [-0.05, 0) is 48.6 Å². The lowest BCUT2D eigenvalue weighted by molar-refractivity contribution is -0.123. The van der Waals surface area contributed by atoms with Crippen LogP contribution in [0.2, 0.25) is 0 Å². The van der Waals surface area contributed by atoms with Gasteiger partial charge in [-0.1, -0.05) is 30.4 Å². The third-order valence-corrected chi connectivity index (χ3v) is 6.21. The van der Waals surface area contributed by atoms with Crippen LogP contribution in [0, 0.1) is 36.0 Å². The molecule has 4 atom stereocenters. The normalized spacial score (nSPS) is 37.7. The van der Waals surface area contributed by atoms with Crippen LogP contribution in [-0.2, 0) is 9.59 Å². The van der Waals surface area contributed by atoms with Crippen LogP contribution in [0.3, 0.4) is 0 Å². The molecule has 106 valence electrons. The first kappa shape index (κ1) is 11.7. The first-order valence-electron chi connectivity index (χ1n) is 7.77. The second kappa shape index (κ2) is 3.46. The molecule has 2 saturated carbocycles. The van der Waals surface area contributed by atoms with Crippen molar-refractivity contribution in [2.45, 2.75) is 19.8 Å². The van der Waals surface area contributed by atoms with E-state index in [1.807, 2.05) is 31.2 Å². The summed E-state index contributed by atoms with van der Waals surface area (Å²) >= 11 is 0. The van der Waals surface area contributed by atoms with Crippen LogP contribution in [0.5, 0.6) is 0 Å². The lowest BCUT2D eigenvalue weighted by Gasteiger charge is -2.22. The summed E-state index contributed by atoms with van der Waals surface area (Å²) in [5, 5.41) is 0. The standard InChI is InChI=1S/C18H17NO2/c1-10-4-2-3-5-13(10)19-16(20)14-11-6-7-12(15(14)17(19)21)18(11)8-9-18/h2-7,11-12,14-15H,8-9H2,1H3/t11-,12-,14-,15+/m1/s1. The third kappa shape index (κ3) is 1.18.